The van der Waals surface area contributed by atoms with Gasteiger partial charge in [-0.1, -0.05) is 0 Å². The molecule has 1 aromatic heterocycles. The molecule has 1 amide bonds. The third kappa shape index (κ3) is 3.99. The molecule has 2 N–H and O–H groups in total. The van der Waals surface area contributed by atoms with Crippen LogP contribution in [0.3, 0.4) is 0 Å². The van der Waals surface area contributed by atoms with E-state index in [1.54, 1.807) is 24.5 Å². The fraction of sp³-hybridized carbons (Fsp3) is 0.538. The number of hydrogen-bond acceptors (Lipinski definition) is 5. The summed E-state index contributed by atoms with van der Waals surface area (Å²) in [6.45, 7) is 1.23. The highest BCUT2D eigenvalue weighted by Gasteiger charge is 2.28. The Morgan fingerprint density at radius 2 is 2.32 bits per heavy atom. The van der Waals surface area contributed by atoms with Crippen LogP contribution < -0.4 is 5.32 Å². The lowest BCUT2D eigenvalue weighted by molar-refractivity contribution is -0.0737. The van der Waals surface area contributed by atoms with Crippen LogP contribution in [0.1, 0.15) is 16.8 Å². The normalized spacial score (nSPS) is 23.0. The maximum Gasteiger partial charge on any atom is 0.251 e. The molecule has 1 fully saturated rings. The summed E-state index contributed by atoms with van der Waals surface area (Å²) in [6, 6.07) is 3.23. The number of aliphatic hydroxyl groups excluding tert-OH is 1. The predicted molar refractivity (Wildman–Crippen MR) is 67.8 cm³/mol. The minimum atomic E-state index is -0.216. The van der Waals surface area contributed by atoms with Gasteiger partial charge >= 0.3 is 0 Å². The zero-order valence-corrected chi connectivity index (χ0v) is 10.6. The van der Waals surface area contributed by atoms with E-state index < -0.39 is 0 Å². The molecule has 1 aliphatic rings. The molecule has 2 unspecified atom stereocenters. The van der Waals surface area contributed by atoms with E-state index in [1.807, 2.05) is 0 Å². The Labute approximate surface area is 111 Å². The minimum Gasteiger partial charge on any atom is -0.394 e. The number of pyridine rings is 1. The van der Waals surface area contributed by atoms with E-state index in [-0.39, 0.29) is 31.3 Å². The van der Waals surface area contributed by atoms with Gasteiger partial charge in [-0.15, -0.1) is 0 Å². The first-order valence-electron chi connectivity index (χ1n) is 6.32. The molecule has 1 saturated heterocycles. The molecule has 2 heterocycles. The molecule has 2 rings (SSSR count). The Bertz CT molecular complexity index is 399. The SMILES string of the molecule is O=C(NC1CCOCC1OCCO)c1ccncc1. The van der Waals surface area contributed by atoms with Crippen molar-refractivity contribution in [1.82, 2.24) is 10.3 Å². The Morgan fingerprint density at radius 3 is 3.05 bits per heavy atom. The van der Waals surface area contributed by atoms with Gasteiger partial charge in [0.1, 0.15) is 6.10 Å². The van der Waals surface area contributed by atoms with Gasteiger partial charge < -0.3 is 19.9 Å². The van der Waals surface area contributed by atoms with Gasteiger partial charge in [0.25, 0.3) is 5.91 Å². The number of rotatable bonds is 5. The van der Waals surface area contributed by atoms with Crippen molar-refractivity contribution in [3.8, 4) is 0 Å². The zero-order valence-electron chi connectivity index (χ0n) is 10.6. The van der Waals surface area contributed by atoms with Crippen molar-refractivity contribution in [2.45, 2.75) is 18.6 Å². The van der Waals surface area contributed by atoms with Gasteiger partial charge in [0.15, 0.2) is 0 Å². The predicted octanol–water partition coefficient (Wildman–Crippen LogP) is -0.0222. The van der Waals surface area contributed by atoms with Gasteiger partial charge in [0.2, 0.25) is 0 Å². The van der Waals surface area contributed by atoms with Gasteiger partial charge in [0, 0.05) is 24.6 Å². The van der Waals surface area contributed by atoms with E-state index >= 15 is 0 Å². The second-order valence-electron chi connectivity index (χ2n) is 4.31. The number of nitrogens with one attached hydrogen (secondary N) is 1. The van der Waals surface area contributed by atoms with Crippen LogP contribution in [0.2, 0.25) is 0 Å². The second kappa shape index (κ2) is 7.18. The third-order valence-corrected chi connectivity index (χ3v) is 2.99. The number of hydrogen-bond donors (Lipinski definition) is 2. The van der Waals surface area contributed by atoms with Crippen LogP contribution in [0.4, 0.5) is 0 Å². The molecule has 2 atom stereocenters. The highest BCUT2D eigenvalue weighted by atomic mass is 16.5. The number of aliphatic hydroxyl groups is 1. The fourth-order valence-corrected chi connectivity index (χ4v) is 2.00. The molecular formula is C13H18N2O4. The molecular weight excluding hydrogens is 248 g/mol. The minimum absolute atomic E-state index is 0.0402. The van der Waals surface area contributed by atoms with E-state index in [9.17, 15) is 4.79 Å². The van der Waals surface area contributed by atoms with Crippen LogP contribution in [0.15, 0.2) is 24.5 Å². The summed E-state index contributed by atoms with van der Waals surface area (Å²) in [7, 11) is 0. The molecule has 104 valence electrons. The van der Waals surface area contributed by atoms with Crippen LogP contribution in [0.25, 0.3) is 0 Å². The van der Waals surface area contributed by atoms with Gasteiger partial charge in [-0.3, -0.25) is 9.78 Å². The number of carbonyl (C=O) groups excluding carboxylic acids is 1. The summed E-state index contributed by atoms with van der Waals surface area (Å²) in [5, 5.41) is 11.7. The van der Waals surface area contributed by atoms with E-state index in [1.165, 1.54) is 0 Å². The quantitative estimate of drug-likeness (QED) is 0.782. The molecule has 1 aliphatic heterocycles. The van der Waals surface area contributed by atoms with Gasteiger partial charge in [0.05, 0.1) is 25.9 Å². The van der Waals surface area contributed by atoms with Crippen LogP contribution in [0, 0.1) is 0 Å². The number of nitrogens with zero attached hydrogens (tertiary/aromatic N) is 1. The van der Waals surface area contributed by atoms with Crippen molar-refractivity contribution in [3.63, 3.8) is 0 Å². The Kier molecular flexibility index (Phi) is 5.26. The molecule has 6 heteroatoms. The van der Waals surface area contributed by atoms with Crippen molar-refractivity contribution in [2.75, 3.05) is 26.4 Å². The molecule has 0 bridgehead atoms. The van der Waals surface area contributed by atoms with Crippen molar-refractivity contribution in [2.24, 2.45) is 0 Å². The molecule has 0 spiro atoms. The van der Waals surface area contributed by atoms with Crippen molar-refractivity contribution in [1.29, 1.82) is 0 Å². The summed E-state index contributed by atoms with van der Waals surface area (Å²) >= 11 is 0. The van der Waals surface area contributed by atoms with Crippen molar-refractivity contribution >= 4 is 5.91 Å². The Balaban J connectivity index is 1.93. The summed E-state index contributed by atoms with van der Waals surface area (Å²) in [4.78, 5) is 15.9. The maximum atomic E-state index is 12.0. The highest BCUT2D eigenvalue weighted by Crippen LogP contribution is 2.12. The lowest BCUT2D eigenvalue weighted by Gasteiger charge is -2.31. The number of ether oxygens (including phenoxy) is 2. The molecule has 19 heavy (non-hydrogen) atoms. The van der Waals surface area contributed by atoms with Crippen molar-refractivity contribution in [3.05, 3.63) is 30.1 Å². The lowest BCUT2D eigenvalue weighted by Crippen LogP contribution is -2.50. The third-order valence-electron chi connectivity index (χ3n) is 2.99. The first-order valence-corrected chi connectivity index (χ1v) is 6.32. The fourth-order valence-electron chi connectivity index (χ4n) is 2.00. The summed E-state index contributed by atoms with van der Waals surface area (Å²) < 4.78 is 10.8. The van der Waals surface area contributed by atoms with Crippen LogP contribution in [-0.2, 0) is 9.47 Å². The molecule has 0 aliphatic carbocycles. The van der Waals surface area contributed by atoms with E-state index in [4.69, 9.17) is 14.6 Å². The van der Waals surface area contributed by atoms with E-state index in [0.29, 0.717) is 25.2 Å². The topological polar surface area (TPSA) is 80.7 Å². The van der Waals surface area contributed by atoms with Gasteiger partial charge in [-0.25, -0.2) is 0 Å². The Morgan fingerprint density at radius 1 is 1.53 bits per heavy atom. The average Bonchev–Trinajstić information content (AvgIpc) is 2.47. The molecule has 1 aromatic rings. The van der Waals surface area contributed by atoms with Crippen LogP contribution >= 0.6 is 0 Å². The van der Waals surface area contributed by atoms with Gasteiger partial charge in [-0.05, 0) is 18.6 Å². The Hall–Kier alpha value is -1.50. The zero-order chi connectivity index (χ0) is 13.5. The lowest BCUT2D eigenvalue weighted by atomic mass is 10.1. The summed E-state index contributed by atoms with van der Waals surface area (Å²) in [5.41, 5.74) is 0.572. The summed E-state index contributed by atoms with van der Waals surface area (Å²) in [6.07, 6.45) is 3.65. The number of aromatic nitrogens is 1. The molecule has 0 aromatic carbocycles. The smallest absolute Gasteiger partial charge is 0.251 e. The van der Waals surface area contributed by atoms with E-state index in [2.05, 4.69) is 10.3 Å². The highest BCUT2D eigenvalue weighted by molar-refractivity contribution is 5.94. The molecule has 6 nitrogen and oxygen atoms in total. The number of carbonyl (C=O) groups is 1. The largest absolute Gasteiger partial charge is 0.394 e. The number of amides is 1. The second-order valence-corrected chi connectivity index (χ2v) is 4.31. The van der Waals surface area contributed by atoms with Crippen molar-refractivity contribution < 1.29 is 19.4 Å². The summed E-state index contributed by atoms with van der Waals surface area (Å²) in [5.74, 6) is -0.146. The first-order chi connectivity index (χ1) is 9.31. The monoisotopic (exact) mass is 266 g/mol. The van der Waals surface area contributed by atoms with E-state index in [0.717, 1.165) is 0 Å². The van der Waals surface area contributed by atoms with Gasteiger partial charge in [-0.2, -0.15) is 0 Å². The molecule has 0 radical (unpaired) electrons. The maximum absolute atomic E-state index is 12.0. The first kappa shape index (κ1) is 13.9. The van der Waals surface area contributed by atoms with Crippen LogP contribution in [-0.4, -0.2) is 54.6 Å². The van der Waals surface area contributed by atoms with Crippen LogP contribution in [0.5, 0.6) is 0 Å². The molecule has 0 saturated carbocycles. The average molecular weight is 266 g/mol. The standard InChI is InChI=1S/C13H18N2O4/c16-6-8-19-12-9-18-7-3-11(12)15-13(17)10-1-4-14-5-2-10/h1-2,4-5,11-12,16H,3,6-9H2,(H,15,17).